The van der Waals surface area contributed by atoms with E-state index in [0.29, 0.717) is 0 Å². The van der Waals surface area contributed by atoms with Gasteiger partial charge in [-0.3, -0.25) is 0 Å². The molecule has 0 fully saturated rings. The fourth-order valence-electron chi connectivity index (χ4n) is 7.20. The van der Waals surface area contributed by atoms with Crippen molar-refractivity contribution >= 4 is 82.1 Å². The number of nitrogens with zero attached hydrogens (tertiary/aromatic N) is 2. The minimum Gasteiger partial charge on any atom is -0.456 e. The summed E-state index contributed by atoms with van der Waals surface area (Å²) in [5.41, 5.74) is 9.47. The van der Waals surface area contributed by atoms with E-state index in [1.54, 1.807) is 11.3 Å². The van der Waals surface area contributed by atoms with E-state index in [-0.39, 0.29) is 0 Å². The summed E-state index contributed by atoms with van der Waals surface area (Å²) in [6.07, 6.45) is 0. The van der Waals surface area contributed by atoms with E-state index in [9.17, 15) is 0 Å². The van der Waals surface area contributed by atoms with Crippen LogP contribution in [-0.4, -0.2) is 4.98 Å². The standard InChI is InChI=1S/C45H28N2OS/c1-2-13-32(14-3-1)47(33-23-20-31(21-24-33)36-17-8-12-29-10-4-6-15-35(29)36)34-25-26-38-41(28-34)48-40-19-9-18-39(43(38)40)45-46-44-37-16-7-5-11-30(37)22-27-42(44)49-45/h1-28H. The van der Waals surface area contributed by atoms with E-state index >= 15 is 0 Å². The molecule has 10 rings (SSSR count). The highest BCUT2D eigenvalue weighted by Crippen LogP contribution is 2.43. The first-order valence-corrected chi connectivity index (χ1v) is 17.3. The molecule has 2 heterocycles. The SMILES string of the molecule is c1ccc(N(c2ccc(-c3cccc4ccccc34)cc2)c2ccc3c(c2)oc2cccc(-c4nc5c(ccc6ccccc65)s4)c23)cc1. The summed E-state index contributed by atoms with van der Waals surface area (Å²) in [4.78, 5) is 7.48. The molecule has 4 heteroatoms. The summed E-state index contributed by atoms with van der Waals surface area (Å²) >= 11 is 1.73. The van der Waals surface area contributed by atoms with Crippen molar-refractivity contribution in [3.8, 4) is 21.7 Å². The molecule has 3 nitrogen and oxygen atoms in total. The molecule has 0 aliphatic carbocycles. The summed E-state index contributed by atoms with van der Waals surface area (Å²) in [5, 5.41) is 8.07. The minimum atomic E-state index is 0.847. The van der Waals surface area contributed by atoms with Crippen LogP contribution in [0.1, 0.15) is 0 Å². The molecule has 0 bridgehead atoms. The first kappa shape index (κ1) is 27.8. The minimum absolute atomic E-state index is 0.847. The van der Waals surface area contributed by atoms with Gasteiger partial charge in [0.25, 0.3) is 0 Å². The predicted molar refractivity (Wildman–Crippen MR) is 207 cm³/mol. The maximum absolute atomic E-state index is 6.59. The summed E-state index contributed by atoms with van der Waals surface area (Å²) in [5.74, 6) is 0. The highest BCUT2D eigenvalue weighted by molar-refractivity contribution is 7.21. The molecule has 0 atom stereocenters. The molecular formula is C45H28N2OS. The molecule has 2 aromatic heterocycles. The smallest absolute Gasteiger partial charge is 0.137 e. The molecule has 0 radical (unpaired) electrons. The topological polar surface area (TPSA) is 29.3 Å². The molecule has 0 saturated carbocycles. The molecule has 0 aliphatic rings. The van der Waals surface area contributed by atoms with Crippen LogP contribution in [0.2, 0.25) is 0 Å². The van der Waals surface area contributed by atoms with Gasteiger partial charge in [0.1, 0.15) is 16.2 Å². The van der Waals surface area contributed by atoms with Crippen molar-refractivity contribution in [1.82, 2.24) is 4.98 Å². The molecule has 8 aromatic carbocycles. The summed E-state index contributed by atoms with van der Waals surface area (Å²) in [6.45, 7) is 0. The van der Waals surface area contributed by atoms with E-state index in [0.717, 1.165) is 55.1 Å². The van der Waals surface area contributed by atoms with E-state index in [2.05, 4.69) is 175 Å². The second-order valence-corrected chi connectivity index (χ2v) is 13.4. The van der Waals surface area contributed by atoms with Crippen LogP contribution >= 0.6 is 11.3 Å². The maximum atomic E-state index is 6.59. The third-order valence-electron chi connectivity index (χ3n) is 9.49. The Labute approximate surface area is 286 Å². The van der Waals surface area contributed by atoms with Crippen molar-refractivity contribution in [1.29, 1.82) is 0 Å². The Morgan fingerprint density at radius 1 is 0.469 bits per heavy atom. The number of rotatable bonds is 5. The van der Waals surface area contributed by atoms with E-state index in [1.165, 1.54) is 37.4 Å². The van der Waals surface area contributed by atoms with Gasteiger partial charge < -0.3 is 9.32 Å². The third kappa shape index (κ3) is 4.61. The predicted octanol–water partition coefficient (Wildman–Crippen LogP) is 13.3. The number of thiazole rings is 1. The molecule has 230 valence electrons. The Balaban J connectivity index is 1.09. The van der Waals surface area contributed by atoms with Gasteiger partial charge in [0.15, 0.2) is 0 Å². The molecule has 10 aromatic rings. The number of hydrogen-bond acceptors (Lipinski definition) is 4. The zero-order valence-electron chi connectivity index (χ0n) is 26.4. The molecule has 0 aliphatic heterocycles. The average molecular weight is 645 g/mol. The molecule has 0 saturated heterocycles. The summed E-state index contributed by atoms with van der Waals surface area (Å²) < 4.78 is 7.78. The van der Waals surface area contributed by atoms with Crippen LogP contribution in [0.25, 0.3) is 75.4 Å². The highest BCUT2D eigenvalue weighted by Gasteiger charge is 2.19. The molecule has 0 amide bonds. The number of fused-ring (bicyclic) bond motifs is 7. The number of aromatic nitrogens is 1. The van der Waals surface area contributed by atoms with Crippen LogP contribution in [-0.2, 0) is 0 Å². The average Bonchev–Trinajstić information content (AvgIpc) is 3.77. The second-order valence-electron chi connectivity index (χ2n) is 12.4. The molecule has 0 spiro atoms. The summed E-state index contributed by atoms with van der Waals surface area (Å²) in [7, 11) is 0. The Kier molecular flexibility index (Phi) is 6.36. The van der Waals surface area contributed by atoms with Crippen molar-refractivity contribution < 1.29 is 4.42 Å². The van der Waals surface area contributed by atoms with Crippen molar-refractivity contribution in [2.45, 2.75) is 0 Å². The number of benzene rings is 8. The van der Waals surface area contributed by atoms with Gasteiger partial charge in [0.05, 0.1) is 10.2 Å². The molecule has 0 N–H and O–H groups in total. The Morgan fingerprint density at radius 2 is 1.14 bits per heavy atom. The molecule has 0 unspecified atom stereocenters. The Bertz CT molecular complexity index is 2830. The fraction of sp³-hybridized carbons (Fsp3) is 0. The fourth-order valence-corrected chi connectivity index (χ4v) is 8.21. The van der Waals surface area contributed by atoms with Crippen LogP contribution < -0.4 is 4.90 Å². The normalized spacial score (nSPS) is 11.7. The van der Waals surface area contributed by atoms with Crippen LogP contribution in [0.5, 0.6) is 0 Å². The van der Waals surface area contributed by atoms with E-state index < -0.39 is 0 Å². The molecular weight excluding hydrogens is 617 g/mol. The monoisotopic (exact) mass is 644 g/mol. The van der Waals surface area contributed by atoms with Gasteiger partial charge in [-0.15, -0.1) is 11.3 Å². The van der Waals surface area contributed by atoms with Gasteiger partial charge in [-0.1, -0.05) is 115 Å². The third-order valence-corrected chi connectivity index (χ3v) is 10.5. The largest absolute Gasteiger partial charge is 0.456 e. The van der Waals surface area contributed by atoms with Gasteiger partial charge in [-0.25, -0.2) is 4.98 Å². The van der Waals surface area contributed by atoms with E-state index in [4.69, 9.17) is 9.40 Å². The van der Waals surface area contributed by atoms with Crippen molar-refractivity contribution in [2.24, 2.45) is 0 Å². The lowest BCUT2D eigenvalue weighted by Gasteiger charge is -2.25. The van der Waals surface area contributed by atoms with Crippen LogP contribution in [0.3, 0.4) is 0 Å². The van der Waals surface area contributed by atoms with Gasteiger partial charge in [0, 0.05) is 44.9 Å². The van der Waals surface area contributed by atoms with Crippen LogP contribution in [0.4, 0.5) is 17.1 Å². The molecule has 49 heavy (non-hydrogen) atoms. The quantitative estimate of drug-likeness (QED) is 0.187. The Morgan fingerprint density at radius 3 is 2.00 bits per heavy atom. The zero-order valence-corrected chi connectivity index (χ0v) is 27.2. The number of furan rings is 1. The van der Waals surface area contributed by atoms with Crippen LogP contribution in [0.15, 0.2) is 174 Å². The first-order chi connectivity index (χ1) is 24.3. The Hall–Kier alpha value is -6.23. The van der Waals surface area contributed by atoms with Crippen molar-refractivity contribution in [3.63, 3.8) is 0 Å². The lowest BCUT2D eigenvalue weighted by atomic mass is 9.98. The van der Waals surface area contributed by atoms with Crippen molar-refractivity contribution in [2.75, 3.05) is 4.90 Å². The van der Waals surface area contributed by atoms with Gasteiger partial charge in [0.2, 0.25) is 0 Å². The van der Waals surface area contributed by atoms with Gasteiger partial charge >= 0.3 is 0 Å². The van der Waals surface area contributed by atoms with E-state index in [1.807, 2.05) is 0 Å². The second kappa shape index (κ2) is 11.2. The maximum Gasteiger partial charge on any atom is 0.137 e. The number of anilines is 3. The lowest BCUT2D eigenvalue weighted by molar-refractivity contribution is 0.669. The van der Waals surface area contributed by atoms with Gasteiger partial charge in [-0.2, -0.15) is 0 Å². The number of hydrogen-bond donors (Lipinski definition) is 0. The lowest BCUT2D eigenvalue weighted by Crippen LogP contribution is -2.09. The zero-order chi connectivity index (χ0) is 32.3. The first-order valence-electron chi connectivity index (χ1n) is 16.5. The van der Waals surface area contributed by atoms with Crippen LogP contribution in [0, 0.1) is 0 Å². The highest BCUT2D eigenvalue weighted by atomic mass is 32.1. The van der Waals surface area contributed by atoms with Gasteiger partial charge in [-0.05, 0) is 75.8 Å². The van der Waals surface area contributed by atoms with Crippen molar-refractivity contribution in [3.05, 3.63) is 170 Å². The number of para-hydroxylation sites is 1. The summed E-state index contributed by atoms with van der Waals surface area (Å²) in [6, 6.07) is 60.1.